The van der Waals surface area contributed by atoms with Crippen molar-refractivity contribution in [2.75, 3.05) is 0 Å². The van der Waals surface area contributed by atoms with Gasteiger partial charge in [0.05, 0.1) is 17.2 Å². The molecule has 0 aliphatic rings. The second-order valence-corrected chi connectivity index (χ2v) is 2.78. The van der Waals surface area contributed by atoms with Crippen molar-refractivity contribution >= 4 is 16.7 Å². The fourth-order valence-corrected chi connectivity index (χ4v) is 1.40. The smallest absolute Gasteiger partial charge is 0.174 e. The van der Waals surface area contributed by atoms with Crippen LogP contribution in [0.25, 0.3) is 16.7 Å². The van der Waals surface area contributed by atoms with Crippen LogP contribution in [-0.4, -0.2) is 19.6 Å². The maximum Gasteiger partial charge on any atom is 0.174 e. The first-order valence-electron chi connectivity index (χ1n) is 3.99. The molecule has 3 rings (SSSR count). The summed E-state index contributed by atoms with van der Waals surface area (Å²) in [5.41, 5.74) is 2.69. The Labute approximate surface area is 73.9 Å². The first kappa shape index (κ1) is 6.54. The van der Waals surface area contributed by atoms with Crippen molar-refractivity contribution in [1.29, 1.82) is 0 Å². The molecule has 0 aliphatic carbocycles. The molecule has 2 aromatic heterocycles. The van der Waals surface area contributed by atoms with Crippen molar-refractivity contribution in [3.63, 3.8) is 0 Å². The molecule has 0 unspecified atom stereocenters. The van der Waals surface area contributed by atoms with E-state index in [0.29, 0.717) is 0 Å². The third-order valence-electron chi connectivity index (χ3n) is 2.00. The highest BCUT2D eigenvalue weighted by molar-refractivity contribution is 5.76. The summed E-state index contributed by atoms with van der Waals surface area (Å²) in [7, 11) is 0. The molecule has 0 atom stereocenters. The van der Waals surface area contributed by atoms with Gasteiger partial charge in [-0.3, -0.25) is 4.98 Å². The summed E-state index contributed by atoms with van der Waals surface area (Å²) in [4.78, 5) is 8.32. The van der Waals surface area contributed by atoms with Gasteiger partial charge < -0.3 is 0 Å². The second-order valence-electron chi connectivity index (χ2n) is 2.78. The maximum atomic E-state index is 4.26. The minimum atomic E-state index is 0.777. The zero-order valence-electron chi connectivity index (χ0n) is 6.75. The molecular weight excluding hydrogens is 164 g/mol. The molecule has 0 fully saturated rings. The number of rotatable bonds is 0. The lowest BCUT2D eigenvalue weighted by Crippen LogP contribution is -1.91. The quantitative estimate of drug-likeness (QED) is 0.510. The molecule has 13 heavy (non-hydrogen) atoms. The lowest BCUT2D eigenvalue weighted by atomic mass is 10.3. The Bertz CT molecular complexity index is 570. The summed E-state index contributed by atoms with van der Waals surface area (Å²) in [6.07, 6.45) is 3.25. The van der Waals surface area contributed by atoms with E-state index in [9.17, 15) is 0 Å². The van der Waals surface area contributed by atoms with Crippen LogP contribution in [0.1, 0.15) is 0 Å². The third kappa shape index (κ3) is 0.823. The Hall–Kier alpha value is -1.97. The van der Waals surface area contributed by atoms with Gasteiger partial charge in [-0.1, -0.05) is 12.1 Å². The van der Waals surface area contributed by atoms with Crippen LogP contribution in [0.2, 0.25) is 0 Å². The molecule has 0 bridgehead atoms. The summed E-state index contributed by atoms with van der Waals surface area (Å²) in [5, 5.41) is 4.11. The van der Waals surface area contributed by atoms with E-state index in [4.69, 9.17) is 0 Å². The van der Waals surface area contributed by atoms with Gasteiger partial charge in [0.25, 0.3) is 0 Å². The zero-order valence-corrected chi connectivity index (χ0v) is 6.75. The molecule has 0 spiro atoms. The van der Waals surface area contributed by atoms with Crippen LogP contribution in [0.15, 0.2) is 36.8 Å². The first-order chi connectivity index (χ1) is 6.45. The van der Waals surface area contributed by atoms with E-state index < -0.39 is 0 Å². The predicted octanol–water partition coefficient (Wildman–Crippen LogP) is 1.28. The average Bonchev–Trinajstić information content (AvgIpc) is 2.65. The summed E-state index contributed by atoms with van der Waals surface area (Å²) in [6.45, 7) is 0. The number of nitrogens with zero attached hydrogens (tertiary/aromatic N) is 4. The Morgan fingerprint density at radius 3 is 3.00 bits per heavy atom. The maximum absolute atomic E-state index is 4.26. The van der Waals surface area contributed by atoms with E-state index >= 15 is 0 Å². The molecule has 0 aliphatic heterocycles. The Morgan fingerprint density at radius 2 is 2.00 bits per heavy atom. The van der Waals surface area contributed by atoms with Crippen molar-refractivity contribution < 1.29 is 0 Å². The molecule has 4 heteroatoms. The molecule has 0 saturated heterocycles. The van der Waals surface area contributed by atoms with E-state index in [1.54, 1.807) is 10.7 Å². The van der Waals surface area contributed by atoms with Crippen molar-refractivity contribution in [3.05, 3.63) is 36.8 Å². The standard InChI is InChI=1S/C9H6N4/c1-2-4-8-7(3-1)10-5-9-11-6-12-13(8)9/h1-6H. The topological polar surface area (TPSA) is 43.1 Å². The number of hydrogen-bond donors (Lipinski definition) is 0. The Balaban J connectivity index is 2.65. The molecule has 0 saturated carbocycles. The Morgan fingerprint density at radius 1 is 1.08 bits per heavy atom. The SMILES string of the molecule is c1ccc2c(c1)ncc1ncnn12. The third-order valence-corrected chi connectivity index (χ3v) is 2.00. The van der Waals surface area contributed by atoms with Gasteiger partial charge in [-0.15, -0.1) is 0 Å². The van der Waals surface area contributed by atoms with Gasteiger partial charge in [-0.2, -0.15) is 5.10 Å². The molecular formula is C9H6N4. The van der Waals surface area contributed by atoms with Crippen molar-refractivity contribution in [3.8, 4) is 0 Å². The molecule has 4 nitrogen and oxygen atoms in total. The highest BCUT2D eigenvalue weighted by Crippen LogP contribution is 2.10. The molecule has 0 radical (unpaired) electrons. The van der Waals surface area contributed by atoms with E-state index in [1.165, 1.54) is 6.33 Å². The minimum absolute atomic E-state index is 0.777. The molecule has 2 heterocycles. The van der Waals surface area contributed by atoms with Crippen LogP contribution >= 0.6 is 0 Å². The highest BCUT2D eigenvalue weighted by atomic mass is 15.3. The molecule has 62 valence electrons. The van der Waals surface area contributed by atoms with Gasteiger partial charge in [0, 0.05) is 0 Å². The van der Waals surface area contributed by atoms with Crippen LogP contribution in [0.3, 0.4) is 0 Å². The van der Waals surface area contributed by atoms with Crippen LogP contribution in [-0.2, 0) is 0 Å². The van der Waals surface area contributed by atoms with Crippen LogP contribution in [0.5, 0.6) is 0 Å². The van der Waals surface area contributed by atoms with Gasteiger partial charge in [0.1, 0.15) is 6.33 Å². The number of aromatic nitrogens is 4. The van der Waals surface area contributed by atoms with E-state index in [2.05, 4.69) is 15.1 Å². The zero-order chi connectivity index (χ0) is 8.67. The van der Waals surface area contributed by atoms with Gasteiger partial charge in [-0.05, 0) is 12.1 Å². The average molecular weight is 170 g/mol. The lowest BCUT2D eigenvalue weighted by Gasteiger charge is -1.97. The number of benzene rings is 1. The van der Waals surface area contributed by atoms with E-state index in [-0.39, 0.29) is 0 Å². The summed E-state index contributed by atoms with van der Waals surface area (Å²) in [6, 6.07) is 7.85. The minimum Gasteiger partial charge on any atom is -0.251 e. The van der Waals surface area contributed by atoms with Crippen molar-refractivity contribution in [1.82, 2.24) is 19.6 Å². The van der Waals surface area contributed by atoms with E-state index in [1.807, 2.05) is 24.3 Å². The molecule has 3 aromatic rings. The van der Waals surface area contributed by atoms with Gasteiger partial charge in [0.2, 0.25) is 0 Å². The monoisotopic (exact) mass is 170 g/mol. The summed E-state index contributed by atoms with van der Waals surface area (Å²) < 4.78 is 1.78. The van der Waals surface area contributed by atoms with Gasteiger partial charge in [-0.25, -0.2) is 9.50 Å². The van der Waals surface area contributed by atoms with Gasteiger partial charge in [0.15, 0.2) is 5.65 Å². The summed E-state index contributed by atoms with van der Waals surface area (Å²) >= 11 is 0. The van der Waals surface area contributed by atoms with Crippen molar-refractivity contribution in [2.24, 2.45) is 0 Å². The second kappa shape index (κ2) is 2.26. The lowest BCUT2D eigenvalue weighted by molar-refractivity contribution is 0.995. The Kier molecular flexibility index (Phi) is 1.14. The van der Waals surface area contributed by atoms with Crippen LogP contribution < -0.4 is 0 Å². The number of fused-ring (bicyclic) bond motifs is 3. The van der Waals surface area contributed by atoms with Crippen LogP contribution in [0.4, 0.5) is 0 Å². The molecule has 1 aromatic carbocycles. The molecule has 0 amide bonds. The van der Waals surface area contributed by atoms with E-state index in [0.717, 1.165) is 16.7 Å². The normalized spacial score (nSPS) is 11.1. The van der Waals surface area contributed by atoms with Crippen molar-refractivity contribution in [2.45, 2.75) is 0 Å². The largest absolute Gasteiger partial charge is 0.251 e. The fraction of sp³-hybridized carbons (Fsp3) is 0. The molecule has 0 N–H and O–H groups in total. The first-order valence-corrected chi connectivity index (χ1v) is 3.99. The highest BCUT2D eigenvalue weighted by Gasteiger charge is 2.00. The number of para-hydroxylation sites is 2. The van der Waals surface area contributed by atoms with Crippen LogP contribution in [0, 0.1) is 0 Å². The predicted molar refractivity (Wildman–Crippen MR) is 48.3 cm³/mol. The summed E-state index contributed by atoms with van der Waals surface area (Å²) in [5.74, 6) is 0. The fourth-order valence-electron chi connectivity index (χ4n) is 1.40. The van der Waals surface area contributed by atoms with Gasteiger partial charge >= 0.3 is 0 Å². The number of hydrogen-bond acceptors (Lipinski definition) is 3.